The zero-order valence-corrected chi connectivity index (χ0v) is 20.3. The van der Waals surface area contributed by atoms with Gasteiger partial charge >= 0.3 is 0 Å². The molecule has 0 spiro atoms. The number of thiophene rings is 2. The molecule has 9 heteroatoms. The second-order valence-corrected chi connectivity index (χ2v) is 12.1. The van der Waals surface area contributed by atoms with Crippen molar-refractivity contribution in [1.29, 1.82) is 0 Å². The Morgan fingerprint density at radius 2 is 2.23 bits per heavy atom. The molecule has 1 N–H and O–H groups in total. The van der Waals surface area contributed by atoms with Crippen molar-refractivity contribution in [3.63, 3.8) is 0 Å². The van der Waals surface area contributed by atoms with Gasteiger partial charge in [-0.05, 0) is 47.6 Å². The van der Waals surface area contributed by atoms with Crippen LogP contribution >= 0.6 is 34.4 Å². The maximum absolute atomic E-state index is 12.2. The van der Waals surface area contributed by atoms with Gasteiger partial charge < -0.3 is 5.32 Å². The fraction of sp³-hybridized carbons (Fsp3) is 0.455. The van der Waals surface area contributed by atoms with Crippen molar-refractivity contribution in [1.82, 2.24) is 24.9 Å². The summed E-state index contributed by atoms with van der Waals surface area (Å²) in [4.78, 5) is 20.6. The van der Waals surface area contributed by atoms with Crippen LogP contribution in [0.1, 0.15) is 42.5 Å². The molecule has 1 atom stereocenters. The number of nitrogens with one attached hydrogen (secondary N) is 1. The SMILES string of the molecule is CC(C)(C)[C@H]1CCc2c(sc3ncn4c(SCC(=O)NCc5cccs5)nnc4c23)C1. The Bertz CT molecular complexity index is 1240. The van der Waals surface area contributed by atoms with Gasteiger partial charge in [0.1, 0.15) is 11.2 Å². The average Bonchev–Trinajstić information content (AvgIpc) is 3.46. The first kappa shape index (κ1) is 20.9. The first-order valence-electron chi connectivity index (χ1n) is 10.5. The van der Waals surface area contributed by atoms with E-state index in [1.165, 1.54) is 28.6 Å². The number of aromatic nitrogens is 4. The maximum Gasteiger partial charge on any atom is 0.230 e. The predicted octanol–water partition coefficient (Wildman–Crippen LogP) is 4.96. The van der Waals surface area contributed by atoms with Gasteiger partial charge in [-0.1, -0.05) is 38.6 Å². The number of carbonyl (C=O) groups is 1. The van der Waals surface area contributed by atoms with Gasteiger partial charge in [-0.2, -0.15) is 0 Å². The van der Waals surface area contributed by atoms with Crippen LogP contribution in [0.25, 0.3) is 15.9 Å². The van der Waals surface area contributed by atoms with Crippen LogP contribution in [0.3, 0.4) is 0 Å². The Hall–Kier alpha value is -1.97. The van der Waals surface area contributed by atoms with Crippen LogP contribution < -0.4 is 5.32 Å². The number of hydrogen-bond donors (Lipinski definition) is 1. The molecule has 31 heavy (non-hydrogen) atoms. The van der Waals surface area contributed by atoms with Gasteiger partial charge in [-0.25, -0.2) is 4.98 Å². The summed E-state index contributed by atoms with van der Waals surface area (Å²) in [5, 5.41) is 15.7. The summed E-state index contributed by atoms with van der Waals surface area (Å²) >= 11 is 4.85. The first-order valence-corrected chi connectivity index (χ1v) is 13.1. The normalized spacial score (nSPS) is 16.7. The predicted molar refractivity (Wildman–Crippen MR) is 128 cm³/mol. The molecule has 1 aliphatic rings. The van der Waals surface area contributed by atoms with Gasteiger partial charge in [0.15, 0.2) is 10.8 Å². The molecular weight excluding hydrogens is 446 g/mol. The minimum absolute atomic E-state index is 0.00896. The van der Waals surface area contributed by atoms with Crippen LogP contribution in [0.5, 0.6) is 0 Å². The van der Waals surface area contributed by atoms with Crippen LogP contribution in [0.2, 0.25) is 0 Å². The molecule has 0 aromatic carbocycles. The standard InChI is InChI=1S/C22H25N5OS3/c1-22(2,3)13-6-7-15-16(9-13)31-20-18(15)19-25-26-21(27(19)12-24-20)30-11-17(28)23-10-14-5-4-8-29-14/h4-5,8,12-13H,6-7,9-11H2,1-3H3,(H,23,28)/t13-/m0/s1. The highest BCUT2D eigenvalue weighted by molar-refractivity contribution is 7.99. The van der Waals surface area contributed by atoms with Crippen molar-refractivity contribution < 1.29 is 4.79 Å². The van der Waals surface area contributed by atoms with Crippen LogP contribution in [-0.4, -0.2) is 31.2 Å². The molecule has 4 aromatic rings. The summed E-state index contributed by atoms with van der Waals surface area (Å²) in [6, 6.07) is 4.01. The van der Waals surface area contributed by atoms with Crippen LogP contribution in [-0.2, 0) is 24.2 Å². The number of carbonyl (C=O) groups excluding carboxylic acids is 1. The molecule has 0 unspecified atom stereocenters. The smallest absolute Gasteiger partial charge is 0.230 e. The monoisotopic (exact) mass is 471 g/mol. The minimum atomic E-state index is -0.00896. The van der Waals surface area contributed by atoms with Crippen molar-refractivity contribution in [2.45, 2.75) is 51.7 Å². The van der Waals surface area contributed by atoms with Gasteiger partial charge in [-0.3, -0.25) is 9.20 Å². The molecule has 0 radical (unpaired) electrons. The third kappa shape index (κ3) is 4.10. The lowest BCUT2D eigenvalue weighted by molar-refractivity contribution is -0.118. The van der Waals surface area contributed by atoms with E-state index in [1.807, 2.05) is 21.9 Å². The first-order chi connectivity index (χ1) is 14.9. The lowest BCUT2D eigenvalue weighted by atomic mass is 9.72. The highest BCUT2D eigenvalue weighted by atomic mass is 32.2. The molecule has 4 heterocycles. The number of aryl methyl sites for hydroxylation is 1. The van der Waals surface area contributed by atoms with Crippen LogP contribution in [0, 0.1) is 11.3 Å². The van der Waals surface area contributed by atoms with Crippen molar-refractivity contribution >= 4 is 56.2 Å². The zero-order valence-electron chi connectivity index (χ0n) is 17.8. The Kier molecular flexibility index (Phi) is 5.52. The zero-order chi connectivity index (χ0) is 21.6. The molecule has 4 aromatic heterocycles. The molecule has 6 nitrogen and oxygen atoms in total. The van der Waals surface area contributed by atoms with Crippen molar-refractivity contribution in [3.8, 4) is 0 Å². The van der Waals surface area contributed by atoms with E-state index >= 15 is 0 Å². The Labute approximate surface area is 193 Å². The molecule has 0 aliphatic heterocycles. The second kappa shape index (κ2) is 8.18. The highest BCUT2D eigenvalue weighted by Gasteiger charge is 2.31. The van der Waals surface area contributed by atoms with E-state index in [-0.39, 0.29) is 5.91 Å². The molecule has 0 fully saturated rings. The van der Waals surface area contributed by atoms with E-state index in [4.69, 9.17) is 4.98 Å². The summed E-state index contributed by atoms with van der Waals surface area (Å²) in [5.41, 5.74) is 2.58. The fourth-order valence-electron chi connectivity index (χ4n) is 4.17. The summed E-state index contributed by atoms with van der Waals surface area (Å²) in [5.74, 6) is 0.991. The molecule has 1 aliphatic carbocycles. The second-order valence-electron chi connectivity index (χ2n) is 9.06. The van der Waals surface area contributed by atoms with E-state index in [2.05, 4.69) is 36.3 Å². The Morgan fingerprint density at radius 1 is 1.35 bits per heavy atom. The van der Waals surface area contributed by atoms with E-state index in [0.29, 0.717) is 28.8 Å². The Balaban J connectivity index is 1.35. The van der Waals surface area contributed by atoms with E-state index in [9.17, 15) is 4.79 Å². The number of rotatable bonds is 5. The van der Waals surface area contributed by atoms with Crippen molar-refractivity contribution in [3.05, 3.63) is 39.2 Å². The molecule has 0 saturated carbocycles. The summed E-state index contributed by atoms with van der Waals surface area (Å²) in [7, 11) is 0. The lowest BCUT2D eigenvalue weighted by Gasteiger charge is -2.33. The topological polar surface area (TPSA) is 72.2 Å². The Morgan fingerprint density at radius 3 is 3.00 bits per heavy atom. The van der Waals surface area contributed by atoms with E-state index in [1.54, 1.807) is 29.0 Å². The maximum atomic E-state index is 12.2. The van der Waals surface area contributed by atoms with Gasteiger partial charge in [0.2, 0.25) is 5.91 Å². The van der Waals surface area contributed by atoms with Gasteiger partial charge in [-0.15, -0.1) is 32.9 Å². The average molecular weight is 472 g/mol. The summed E-state index contributed by atoms with van der Waals surface area (Å²) in [6.45, 7) is 7.58. The third-order valence-corrected chi connectivity index (χ3v) is 9.00. The van der Waals surface area contributed by atoms with Gasteiger partial charge in [0.05, 0.1) is 17.7 Å². The number of fused-ring (bicyclic) bond motifs is 5. The van der Waals surface area contributed by atoms with Gasteiger partial charge in [0.25, 0.3) is 0 Å². The lowest BCUT2D eigenvalue weighted by Crippen LogP contribution is -2.26. The van der Waals surface area contributed by atoms with Crippen LogP contribution in [0.15, 0.2) is 29.0 Å². The highest BCUT2D eigenvalue weighted by Crippen LogP contribution is 2.43. The molecule has 0 bridgehead atoms. The molecular formula is C22H25N5OS3. The molecule has 5 rings (SSSR count). The van der Waals surface area contributed by atoms with Gasteiger partial charge in [0, 0.05) is 9.75 Å². The number of amides is 1. The van der Waals surface area contributed by atoms with Crippen molar-refractivity contribution in [2.75, 3.05) is 5.75 Å². The number of thioether (sulfide) groups is 1. The largest absolute Gasteiger partial charge is 0.350 e. The van der Waals surface area contributed by atoms with Crippen molar-refractivity contribution in [2.24, 2.45) is 11.3 Å². The number of nitrogens with zero attached hydrogens (tertiary/aromatic N) is 4. The van der Waals surface area contributed by atoms with Crippen LogP contribution in [0.4, 0.5) is 0 Å². The molecule has 162 valence electrons. The van der Waals surface area contributed by atoms with E-state index in [0.717, 1.165) is 33.6 Å². The third-order valence-electron chi connectivity index (χ3n) is 6.02. The fourth-order valence-corrected chi connectivity index (χ4v) is 6.81. The quantitative estimate of drug-likeness (QED) is 0.417. The van der Waals surface area contributed by atoms with E-state index < -0.39 is 0 Å². The number of hydrogen-bond acceptors (Lipinski definition) is 7. The molecule has 0 saturated heterocycles. The summed E-state index contributed by atoms with van der Waals surface area (Å²) < 4.78 is 1.93. The summed E-state index contributed by atoms with van der Waals surface area (Å²) in [6.07, 6.45) is 5.18. The minimum Gasteiger partial charge on any atom is -0.350 e. The molecule has 1 amide bonds.